The van der Waals surface area contributed by atoms with E-state index < -0.39 is 10.0 Å². The van der Waals surface area contributed by atoms with E-state index >= 15 is 0 Å². The molecule has 0 amide bonds. The highest BCUT2D eigenvalue weighted by Crippen LogP contribution is 2.24. The van der Waals surface area contributed by atoms with Crippen LogP contribution in [0.25, 0.3) is 0 Å². The number of nitrogens with two attached hydrogens (primary N) is 1. The minimum Gasteiger partial charge on any atom is -0.378 e. The third-order valence-corrected chi connectivity index (χ3v) is 5.57. The van der Waals surface area contributed by atoms with Gasteiger partial charge in [0, 0.05) is 18.2 Å². The fourth-order valence-electron chi connectivity index (χ4n) is 2.30. The first-order chi connectivity index (χ1) is 9.96. The van der Waals surface area contributed by atoms with Crippen molar-refractivity contribution in [2.45, 2.75) is 24.8 Å². The van der Waals surface area contributed by atoms with Crippen LogP contribution in [0.3, 0.4) is 0 Å². The lowest BCUT2D eigenvalue weighted by Gasteiger charge is -2.32. The Balaban J connectivity index is 2.43. The second-order valence-electron chi connectivity index (χ2n) is 5.03. The van der Waals surface area contributed by atoms with E-state index in [1.807, 2.05) is 6.92 Å². The number of sulfonamides is 1. The Morgan fingerprint density at radius 2 is 2.24 bits per heavy atom. The van der Waals surface area contributed by atoms with Crippen molar-refractivity contribution in [1.82, 2.24) is 4.31 Å². The number of ether oxygens (including phenoxy) is 1. The molecule has 6 heteroatoms. The van der Waals surface area contributed by atoms with Crippen LogP contribution >= 0.6 is 0 Å². The van der Waals surface area contributed by atoms with Crippen molar-refractivity contribution >= 4 is 10.0 Å². The highest BCUT2D eigenvalue weighted by Gasteiger charge is 2.32. The molecule has 2 rings (SSSR count). The summed E-state index contributed by atoms with van der Waals surface area (Å²) in [5.41, 5.74) is 6.72. The van der Waals surface area contributed by atoms with Gasteiger partial charge < -0.3 is 10.5 Å². The largest absolute Gasteiger partial charge is 0.378 e. The van der Waals surface area contributed by atoms with E-state index in [9.17, 15) is 8.42 Å². The third kappa shape index (κ3) is 3.44. The zero-order valence-electron chi connectivity index (χ0n) is 12.3. The van der Waals surface area contributed by atoms with Crippen LogP contribution < -0.4 is 5.73 Å². The van der Waals surface area contributed by atoms with Gasteiger partial charge in [0.05, 0.1) is 24.7 Å². The van der Waals surface area contributed by atoms with Crippen LogP contribution in [0.5, 0.6) is 0 Å². The topological polar surface area (TPSA) is 72.6 Å². The van der Waals surface area contributed by atoms with Crippen LogP contribution in [-0.2, 0) is 14.8 Å². The lowest BCUT2D eigenvalue weighted by Crippen LogP contribution is -2.47. The Morgan fingerprint density at radius 3 is 2.90 bits per heavy atom. The molecule has 1 saturated heterocycles. The average molecular weight is 308 g/mol. The number of nitrogens with zero attached hydrogens (tertiary/aromatic N) is 1. The van der Waals surface area contributed by atoms with Crippen molar-refractivity contribution in [3.63, 3.8) is 0 Å². The van der Waals surface area contributed by atoms with E-state index in [4.69, 9.17) is 10.5 Å². The van der Waals surface area contributed by atoms with Gasteiger partial charge in [-0.1, -0.05) is 17.9 Å². The van der Waals surface area contributed by atoms with Gasteiger partial charge in [-0.25, -0.2) is 8.42 Å². The molecule has 1 atom stereocenters. The van der Waals surface area contributed by atoms with E-state index in [1.165, 1.54) is 4.31 Å². The SMILES string of the molecule is Cc1ccc(C#CCN)cc1S(=O)(=O)N1CCOCC1C. The third-order valence-electron chi connectivity index (χ3n) is 3.42. The van der Waals surface area contributed by atoms with E-state index in [0.717, 1.165) is 0 Å². The molecule has 5 nitrogen and oxygen atoms in total. The molecule has 0 saturated carbocycles. The lowest BCUT2D eigenvalue weighted by molar-refractivity contribution is 0.0392. The van der Waals surface area contributed by atoms with Gasteiger partial charge in [0.2, 0.25) is 10.0 Å². The van der Waals surface area contributed by atoms with Gasteiger partial charge in [0.25, 0.3) is 0 Å². The number of aryl methyl sites for hydroxylation is 1. The van der Waals surface area contributed by atoms with Gasteiger partial charge in [0.15, 0.2) is 0 Å². The Bertz CT molecular complexity index is 674. The van der Waals surface area contributed by atoms with Crippen LogP contribution in [0.4, 0.5) is 0 Å². The Hall–Kier alpha value is -1.39. The van der Waals surface area contributed by atoms with Crippen molar-refractivity contribution in [2.24, 2.45) is 5.73 Å². The molecule has 1 aliphatic rings. The fourth-order valence-corrected chi connectivity index (χ4v) is 4.16. The molecule has 0 radical (unpaired) electrons. The van der Waals surface area contributed by atoms with Crippen LogP contribution in [-0.4, -0.2) is 45.1 Å². The molecule has 1 aromatic carbocycles. The number of morpholine rings is 1. The maximum Gasteiger partial charge on any atom is 0.243 e. The summed E-state index contributed by atoms with van der Waals surface area (Å²) >= 11 is 0. The molecule has 21 heavy (non-hydrogen) atoms. The second kappa shape index (κ2) is 6.58. The summed E-state index contributed by atoms with van der Waals surface area (Å²) in [5.74, 6) is 5.62. The summed E-state index contributed by atoms with van der Waals surface area (Å²) in [6.07, 6.45) is 0. The summed E-state index contributed by atoms with van der Waals surface area (Å²) in [4.78, 5) is 0.306. The monoisotopic (exact) mass is 308 g/mol. The summed E-state index contributed by atoms with van der Waals surface area (Å²) < 4.78 is 32.5. The molecule has 0 aliphatic carbocycles. The number of rotatable bonds is 2. The predicted molar refractivity (Wildman–Crippen MR) is 81.3 cm³/mol. The first-order valence-electron chi connectivity index (χ1n) is 6.86. The van der Waals surface area contributed by atoms with Crippen molar-refractivity contribution in [3.8, 4) is 11.8 Å². The maximum absolute atomic E-state index is 12.8. The minimum atomic E-state index is -3.54. The minimum absolute atomic E-state index is 0.165. The zero-order valence-corrected chi connectivity index (χ0v) is 13.1. The average Bonchev–Trinajstić information content (AvgIpc) is 2.46. The molecule has 1 aliphatic heterocycles. The summed E-state index contributed by atoms with van der Waals surface area (Å²) in [6.45, 7) is 5.11. The molecule has 0 bridgehead atoms. The zero-order chi connectivity index (χ0) is 15.5. The molecular formula is C15H20N2O3S. The Labute approximate surface area is 126 Å². The molecule has 0 spiro atoms. The standard InChI is InChI=1S/C15H20N2O3S/c1-12-5-6-14(4-3-7-16)10-15(12)21(18,19)17-8-9-20-11-13(17)2/h5-6,10,13H,7-9,11,16H2,1-2H3. The molecule has 0 aromatic heterocycles. The van der Waals surface area contributed by atoms with Gasteiger partial charge in [-0.15, -0.1) is 0 Å². The smallest absolute Gasteiger partial charge is 0.243 e. The summed E-state index contributed by atoms with van der Waals surface area (Å²) in [7, 11) is -3.54. The van der Waals surface area contributed by atoms with Crippen molar-refractivity contribution in [3.05, 3.63) is 29.3 Å². The highest BCUT2D eigenvalue weighted by molar-refractivity contribution is 7.89. The van der Waals surface area contributed by atoms with Crippen LogP contribution in [0.15, 0.2) is 23.1 Å². The number of benzene rings is 1. The van der Waals surface area contributed by atoms with Crippen LogP contribution in [0.1, 0.15) is 18.1 Å². The molecule has 1 fully saturated rings. The Kier molecular flexibility index (Phi) is 5.01. The van der Waals surface area contributed by atoms with Gasteiger partial charge >= 0.3 is 0 Å². The van der Waals surface area contributed by atoms with Gasteiger partial charge in [-0.05, 0) is 31.5 Å². The molecule has 1 heterocycles. The summed E-state index contributed by atoms with van der Waals surface area (Å²) in [6, 6.07) is 5.04. The fraction of sp³-hybridized carbons (Fsp3) is 0.467. The van der Waals surface area contributed by atoms with Crippen molar-refractivity contribution in [2.75, 3.05) is 26.3 Å². The van der Waals surface area contributed by atoms with Gasteiger partial charge in [-0.2, -0.15) is 4.31 Å². The first kappa shape index (κ1) is 16.0. The second-order valence-corrected chi connectivity index (χ2v) is 6.88. The van der Waals surface area contributed by atoms with Gasteiger partial charge in [0.1, 0.15) is 0 Å². The molecule has 2 N–H and O–H groups in total. The first-order valence-corrected chi connectivity index (χ1v) is 8.30. The van der Waals surface area contributed by atoms with E-state index in [2.05, 4.69) is 11.8 Å². The van der Waals surface area contributed by atoms with E-state index in [1.54, 1.807) is 25.1 Å². The van der Waals surface area contributed by atoms with Crippen LogP contribution in [0.2, 0.25) is 0 Å². The van der Waals surface area contributed by atoms with Crippen LogP contribution in [0, 0.1) is 18.8 Å². The normalized spacial score (nSPS) is 19.9. The quantitative estimate of drug-likeness (QED) is 0.817. The number of hydrogen-bond donors (Lipinski definition) is 1. The predicted octanol–water partition coefficient (Wildman–Crippen LogP) is 0.715. The van der Waals surface area contributed by atoms with E-state index in [-0.39, 0.29) is 12.6 Å². The highest BCUT2D eigenvalue weighted by atomic mass is 32.2. The summed E-state index contributed by atoms with van der Waals surface area (Å²) in [5, 5.41) is 0. The lowest BCUT2D eigenvalue weighted by atomic mass is 10.1. The molecule has 1 aromatic rings. The molecular weight excluding hydrogens is 288 g/mol. The van der Waals surface area contributed by atoms with E-state index in [0.29, 0.717) is 35.8 Å². The van der Waals surface area contributed by atoms with Crippen molar-refractivity contribution < 1.29 is 13.2 Å². The maximum atomic E-state index is 12.8. The van der Waals surface area contributed by atoms with Gasteiger partial charge in [-0.3, -0.25) is 0 Å². The van der Waals surface area contributed by atoms with Crippen molar-refractivity contribution in [1.29, 1.82) is 0 Å². The number of hydrogen-bond acceptors (Lipinski definition) is 4. The Morgan fingerprint density at radius 1 is 1.48 bits per heavy atom. The molecule has 1 unspecified atom stereocenters. The molecule has 114 valence electrons.